The Hall–Kier alpha value is -2.56. The van der Waals surface area contributed by atoms with Crippen LogP contribution in [0.3, 0.4) is 0 Å². The minimum Gasteiger partial charge on any atom is -0.479 e. The van der Waals surface area contributed by atoms with E-state index in [1.807, 2.05) is 13.0 Å². The van der Waals surface area contributed by atoms with Crippen molar-refractivity contribution in [2.24, 2.45) is 0 Å². The molecule has 0 radical (unpaired) electrons. The van der Waals surface area contributed by atoms with E-state index in [4.69, 9.17) is 14.2 Å². The van der Waals surface area contributed by atoms with Crippen LogP contribution < -0.4 is 14.4 Å². The van der Waals surface area contributed by atoms with Crippen molar-refractivity contribution in [3.63, 3.8) is 0 Å². The number of pyridine rings is 1. The van der Waals surface area contributed by atoms with Gasteiger partial charge in [-0.2, -0.15) is 4.98 Å². The molecule has 0 saturated heterocycles. The van der Waals surface area contributed by atoms with Gasteiger partial charge in [0.05, 0.1) is 12.3 Å². The summed E-state index contributed by atoms with van der Waals surface area (Å²) in [5, 5.41) is 0. The molecule has 1 aromatic heterocycles. The normalized spacial score (nSPS) is 17.1. The molecule has 1 atom stereocenters. The van der Waals surface area contributed by atoms with Crippen molar-refractivity contribution in [1.29, 1.82) is 0 Å². The summed E-state index contributed by atoms with van der Waals surface area (Å²) in [7, 11) is 1.62. The smallest absolute Gasteiger partial charge is 0.308 e. The first kappa shape index (κ1) is 20.7. The van der Waals surface area contributed by atoms with Crippen LogP contribution in [-0.2, 0) is 9.53 Å². The average Bonchev–Trinajstić information content (AvgIpc) is 3.56. The highest BCUT2D eigenvalue weighted by molar-refractivity contribution is 9.10. The van der Waals surface area contributed by atoms with Gasteiger partial charge in [-0.1, -0.05) is 21.9 Å². The topological polar surface area (TPSA) is 60.9 Å². The maximum Gasteiger partial charge on any atom is 0.308 e. The van der Waals surface area contributed by atoms with Gasteiger partial charge in [0.15, 0.2) is 11.9 Å². The second kappa shape index (κ2) is 8.66. The molecule has 0 bridgehead atoms. The zero-order chi connectivity index (χ0) is 21.3. The molecular weight excluding hydrogens is 448 g/mol. The molecule has 1 fully saturated rings. The number of benzene rings is 1. The molecule has 2 aromatic rings. The first-order valence-electron chi connectivity index (χ1n) is 9.88. The minimum atomic E-state index is -0.331. The molecule has 1 amide bonds. The second-order valence-corrected chi connectivity index (χ2v) is 8.28. The number of hydrogen-bond donors (Lipinski definition) is 0. The van der Waals surface area contributed by atoms with Crippen molar-refractivity contribution in [3.05, 3.63) is 39.9 Å². The van der Waals surface area contributed by atoms with Gasteiger partial charge >= 0.3 is 5.91 Å². The summed E-state index contributed by atoms with van der Waals surface area (Å²) in [4.78, 5) is 19.2. The summed E-state index contributed by atoms with van der Waals surface area (Å²) in [5.74, 6) is 6.84. The Kier molecular flexibility index (Phi) is 5.98. The number of nitrogens with zero attached hydrogens (tertiary/aromatic N) is 2. The van der Waals surface area contributed by atoms with Crippen LogP contribution >= 0.6 is 15.9 Å². The number of carbonyl (C=O) groups is 1. The number of aromatic nitrogens is 1. The van der Waals surface area contributed by atoms with Crippen molar-refractivity contribution in [2.45, 2.75) is 38.7 Å². The Labute approximate surface area is 184 Å². The maximum atomic E-state index is 13.1. The largest absolute Gasteiger partial charge is 0.479 e. The summed E-state index contributed by atoms with van der Waals surface area (Å²) >= 11 is 3.62. The van der Waals surface area contributed by atoms with Gasteiger partial charge < -0.3 is 14.2 Å². The number of carbonyl (C=O) groups excluding carboxylic acids is 1. The van der Waals surface area contributed by atoms with Gasteiger partial charge in [0.2, 0.25) is 0 Å². The Morgan fingerprint density at radius 2 is 2.17 bits per heavy atom. The van der Waals surface area contributed by atoms with E-state index in [1.54, 1.807) is 31.1 Å². The summed E-state index contributed by atoms with van der Waals surface area (Å²) in [6.07, 6.45) is 2.04. The molecule has 1 unspecified atom stereocenters. The van der Waals surface area contributed by atoms with E-state index in [1.165, 1.54) is 0 Å². The molecule has 2 aliphatic rings. The van der Waals surface area contributed by atoms with Crippen LogP contribution in [0.5, 0.6) is 11.6 Å². The zero-order valence-electron chi connectivity index (χ0n) is 17.2. The molecule has 7 heteroatoms. The lowest BCUT2D eigenvalue weighted by molar-refractivity contribution is -0.112. The molecule has 0 N–H and O–H groups in total. The fourth-order valence-electron chi connectivity index (χ4n) is 3.49. The predicted octanol–water partition coefficient (Wildman–Crippen LogP) is 4.50. The summed E-state index contributed by atoms with van der Waals surface area (Å²) in [6.45, 7) is 4.43. The molecule has 4 rings (SSSR count). The quantitative estimate of drug-likeness (QED) is 0.601. The number of methoxy groups -OCH3 is 1. The highest BCUT2D eigenvalue weighted by atomic mass is 79.9. The van der Waals surface area contributed by atoms with E-state index in [-0.39, 0.29) is 12.0 Å². The van der Waals surface area contributed by atoms with E-state index < -0.39 is 0 Å². The number of halogens is 1. The van der Waals surface area contributed by atoms with Crippen LogP contribution in [-0.4, -0.2) is 37.3 Å². The molecule has 2 heterocycles. The minimum absolute atomic E-state index is 0.186. The number of fused-ring (bicyclic) bond motifs is 1. The third kappa shape index (κ3) is 4.16. The SMILES string of the molecule is CC#CC(=O)N(c1ccc2c(n1)OCC(COC)O2)c1cc(C)c(Br)cc1C1CC1. The number of hydrogen-bond acceptors (Lipinski definition) is 5. The molecule has 6 nitrogen and oxygen atoms in total. The molecule has 156 valence electrons. The van der Waals surface area contributed by atoms with Gasteiger partial charge in [0, 0.05) is 11.6 Å². The third-order valence-electron chi connectivity index (χ3n) is 5.09. The van der Waals surface area contributed by atoms with Gasteiger partial charge in [-0.05, 0) is 73.9 Å². The number of aryl methyl sites for hydroxylation is 1. The number of amides is 1. The Morgan fingerprint density at radius 3 is 2.87 bits per heavy atom. The van der Waals surface area contributed by atoms with Gasteiger partial charge in [-0.25, -0.2) is 0 Å². The van der Waals surface area contributed by atoms with Crippen molar-refractivity contribution in [2.75, 3.05) is 25.2 Å². The molecule has 1 aromatic carbocycles. The van der Waals surface area contributed by atoms with Crippen molar-refractivity contribution >= 4 is 33.3 Å². The Bertz CT molecular complexity index is 1040. The maximum absolute atomic E-state index is 13.1. The number of rotatable bonds is 5. The molecular formula is C23H23BrN2O4. The first-order valence-corrected chi connectivity index (χ1v) is 10.7. The lowest BCUT2D eigenvalue weighted by atomic mass is 10.0. The lowest BCUT2D eigenvalue weighted by Crippen LogP contribution is -2.34. The fraction of sp³-hybridized carbons (Fsp3) is 0.391. The van der Waals surface area contributed by atoms with Gasteiger partial charge in [-0.15, -0.1) is 0 Å². The highest BCUT2D eigenvalue weighted by Gasteiger charge is 2.32. The first-order chi connectivity index (χ1) is 14.5. The summed E-state index contributed by atoms with van der Waals surface area (Å²) in [5.41, 5.74) is 2.97. The van der Waals surface area contributed by atoms with E-state index in [0.717, 1.165) is 34.1 Å². The third-order valence-corrected chi connectivity index (χ3v) is 5.95. The number of ether oxygens (including phenoxy) is 3. The van der Waals surface area contributed by atoms with Crippen molar-refractivity contribution in [3.8, 4) is 23.5 Å². The summed E-state index contributed by atoms with van der Waals surface area (Å²) < 4.78 is 17.8. The average molecular weight is 471 g/mol. The van der Waals surface area contributed by atoms with Crippen molar-refractivity contribution < 1.29 is 19.0 Å². The van der Waals surface area contributed by atoms with Crippen LogP contribution in [0.4, 0.5) is 11.5 Å². The van der Waals surface area contributed by atoms with Gasteiger partial charge in [-0.3, -0.25) is 9.69 Å². The van der Waals surface area contributed by atoms with E-state index in [0.29, 0.717) is 36.6 Å². The van der Waals surface area contributed by atoms with Crippen LogP contribution in [0.25, 0.3) is 0 Å². The molecule has 1 saturated carbocycles. The standard InChI is InChI=1S/C23H23BrN2O4/c1-4-5-22(27)26(19-10-14(2)18(24)11-17(19)15-6-7-15)21-9-8-20-23(25-21)29-13-16(30-20)12-28-3/h8-11,15-16H,6-7,12-13H2,1-3H3. The molecule has 1 aliphatic carbocycles. The molecule has 30 heavy (non-hydrogen) atoms. The predicted molar refractivity (Wildman–Crippen MR) is 117 cm³/mol. The Morgan fingerprint density at radius 1 is 1.37 bits per heavy atom. The summed E-state index contributed by atoms with van der Waals surface area (Å²) in [6, 6.07) is 7.66. The second-order valence-electron chi connectivity index (χ2n) is 7.43. The van der Waals surface area contributed by atoms with E-state index >= 15 is 0 Å². The lowest BCUT2D eigenvalue weighted by Gasteiger charge is -2.28. The van der Waals surface area contributed by atoms with Crippen LogP contribution in [0.2, 0.25) is 0 Å². The van der Waals surface area contributed by atoms with E-state index in [9.17, 15) is 4.79 Å². The van der Waals surface area contributed by atoms with Crippen molar-refractivity contribution in [1.82, 2.24) is 4.98 Å². The van der Waals surface area contributed by atoms with E-state index in [2.05, 4.69) is 38.8 Å². The zero-order valence-corrected chi connectivity index (χ0v) is 18.8. The fourth-order valence-corrected chi connectivity index (χ4v) is 3.85. The number of anilines is 2. The highest BCUT2D eigenvalue weighted by Crippen LogP contribution is 2.47. The van der Waals surface area contributed by atoms with Crippen LogP contribution in [0, 0.1) is 18.8 Å². The Balaban J connectivity index is 1.77. The van der Waals surface area contributed by atoms with Gasteiger partial charge in [0.25, 0.3) is 5.88 Å². The molecule has 1 aliphatic heterocycles. The van der Waals surface area contributed by atoms with Gasteiger partial charge in [0.1, 0.15) is 12.4 Å². The molecule has 0 spiro atoms. The van der Waals surface area contributed by atoms with Crippen LogP contribution in [0.15, 0.2) is 28.7 Å². The van der Waals surface area contributed by atoms with Crippen LogP contribution in [0.1, 0.15) is 36.8 Å². The monoisotopic (exact) mass is 470 g/mol.